The normalized spacial score (nSPS) is 13.7. The van der Waals surface area contributed by atoms with Gasteiger partial charge in [0.15, 0.2) is 0 Å². The standard InChI is InChI=1S/C6H15NO2/c1-7-4-6(5-9)2-3-8/h6-9H,2-5H2,1H3. The molecule has 0 aromatic heterocycles. The number of hydrogen-bond donors (Lipinski definition) is 3. The van der Waals surface area contributed by atoms with Gasteiger partial charge in [0.2, 0.25) is 0 Å². The van der Waals surface area contributed by atoms with E-state index in [0.29, 0.717) is 6.42 Å². The maximum atomic E-state index is 8.64. The largest absolute Gasteiger partial charge is 0.396 e. The van der Waals surface area contributed by atoms with Gasteiger partial charge in [-0.25, -0.2) is 0 Å². The number of rotatable bonds is 5. The van der Waals surface area contributed by atoms with E-state index in [1.807, 2.05) is 7.05 Å². The molecule has 1 atom stereocenters. The van der Waals surface area contributed by atoms with Crippen LogP contribution >= 0.6 is 0 Å². The minimum Gasteiger partial charge on any atom is -0.396 e. The maximum absolute atomic E-state index is 8.64. The van der Waals surface area contributed by atoms with Crippen molar-refractivity contribution in [1.29, 1.82) is 0 Å². The van der Waals surface area contributed by atoms with Gasteiger partial charge in [-0.3, -0.25) is 0 Å². The summed E-state index contributed by atoms with van der Waals surface area (Å²) in [4.78, 5) is 0. The van der Waals surface area contributed by atoms with Crippen molar-refractivity contribution in [3.05, 3.63) is 0 Å². The SMILES string of the molecule is CNCC(CO)CCO. The van der Waals surface area contributed by atoms with Gasteiger partial charge in [-0.15, -0.1) is 0 Å². The van der Waals surface area contributed by atoms with Gasteiger partial charge in [0.05, 0.1) is 0 Å². The van der Waals surface area contributed by atoms with E-state index in [9.17, 15) is 0 Å². The lowest BCUT2D eigenvalue weighted by Gasteiger charge is -2.10. The number of aliphatic hydroxyl groups excluding tert-OH is 2. The predicted octanol–water partition coefficient (Wildman–Crippen LogP) is -0.803. The zero-order valence-electron chi connectivity index (χ0n) is 5.80. The summed E-state index contributed by atoms with van der Waals surface area (Å²) < 4.78 is 0. The summed E-state index contributed by atoms with van der Waals surface area (Å²) in [5.41, 5.74) is 0. The Hall–Kier alpha value is -0.120. The summed E-state index contributed by atoms with van der Waals surface area (Å²) >= 11 is 0. The van der Waals surface area contributed by atoms with Gasteiger partial charge in [-0.05, 0) is 25.9 Å². The highest BCUT2D eigenvalue weighted by Crippen LogP contribution is 1.97. The van der Waals surface area contributed by atoms with Crippen LogP contribution in [-0.4, -0.2) is 37.0 Å². The topological polar surface area (TPSA) is 52.5 Å². The van der Waals surface area contributed by atoms with E-state index in [-0.39, 0.29) is 19.1 Å². The van der Waals surface area contributed by atoms with Crippen molar-refractivity contribution in [2.75, 3.05) is 26.8 Å². The van der Waals surface area contributed by atoms with E-state index < -0.39 is 0 Å². The summed E-state index contributed by atoms with van der Waals surface area (Å²) in [5.74, 6) is 0.208. The van der Waals surface area contributed by atoms with Crippen molar-refractivity contribution >= 4 is 0 Å². The highest BCUT2D eigenvalue weighted by atomic mass is 16.3. The molecule has 0 bridgehead atoms. The molecule has 0 amide bonds. The molecule has 0 rings (SSSR count). The summed E-state index contributed by atoms with van der Waals surface area (Å²) in [7, 11) is 1.83. The molecule has 9 heavy (non-hydrogen) atoms. The first-order valence-corrected chi connectivity index (χ1v) is 3.21. The Labute approximate surface area is 55.7 Å². The second-order valence-electron chi connectivity index (χ2n) is 2.12. The molecule has 3 heteroatoms. The van der Waals surface area contributed by atoms with Gasteiger partial charge < -0.3 is 15.5 Å². The fraction of sp³-hybridized carbons (Fsp3) is 1.00. The maximum Gasteiger partial charge on any atom is 0.0472 e. The minimum absolute atomic E-state index is 0.154. The van der Waals surface area contributed by atoms with Crippen LogP contribution in [0.1, 0.15) is 6.42 Å². The quantitative estimate of drug-likeness (QED) is 0.460. The van der Waals surface area contributed by atoms with Gasteiger partial charge in [-0.2, -0.15) is 0 Å². The van der Waals surface area contributed by atoms with Crippen molar-refractivity contribution in [2.45, 2.75) is 6.42 Å². The zero-order chi connectivity index (χ0) is 7.11. The molecule has 0 fully saturated rings. The van der Waals surface area contributed by atoms with Crippen LogP contribution in [0.5, 0.6) is 0 Å². The molecule has 0 aliphatic heterocycles. The fourth-order valence-electron chi connectivity index (χ4n) is 0.729. The smallest absolute Gasteiger partial charge is 0.0472 e. The van der Waals surface area contributed by atoms with Gasteiger partial charge in [0.25, 0.3) is 0 Å². The predicted molar refractivity (Wildman–Crippen MR) is 36.2 cm³/mol. The van der Waals surface area contributed by atoms with Crippen molar-refractivity contribution in [3.8, 4) is 0 Å². The first-order chi connectivity index (χ1) is 4.35. The minimum atomic E-state index is 0.154. The van der Waals surface area contributed by atoms with E-state index >= 15 is 0 Å². The Morgan fingerprint density at radius 1 is 1.44 bits per heavy atom. The number of nitrogens with one attached hydrogen (secondary N) is 1. The molecule has 0 aliphatic carbocycles. The third kappa shape index (κ3) is 4.39. The first kappa shape index (κ1) is 8.88. The monoisotopic (exact) mass is 133 g/mol. The summed E-state index contributed by atoms with van der Waals surface area (Å²) in [6.45, 7) is 1.09. The van der Waals surface area contributed by atoms with Gasteiger partial charge in [-0.1, -0.05) is 0 Å². The summed E-state index contributed by atoms with van der Waals surface area (Å²) in [6.07, 6.45) is 0.678. The molecule has 56 valence electrons. The summed E-state index contributed by atoms with van der Waals surface area (Å²) in [6, 6.07) is 0. The Balaban J connectivity index is 3.18. The van der Waals surface area contributed by atoms with Crippen LogP contribution in [0, 0.1) is 5.92 Å². The lowest BCUT2D eigenvalue weighted by molar-refractivity contribution is 0.183. The average molecular weight is 133 g/mol. The molecular formula is C6H15NO2. The van der Waals surface area contributed by atoms with Crippen molar-refractivity contribution < 1.29 is 10.2 Å². The van der Waals surface area contributed by atoms with Crippen LogP contribution in [-0.2, 0) is 0 Å². The van der Waals surface area contributed by atoms with E-state index in [1.54, 1.807) is 0 Å². The third-order valence-corrected chi connectivity index (χ3v) is 1.29. The van der Waals surface area contributed by atoms with Gasteiger partial charge in [0.1, 0.15) is 0 Å². The Bertz CT molecular complexity index is 53.0. The van der Waals surface area contributed by atoms with Crippen LogP contribution in [0.3, 0.4) is 0 Å². The van der Waals surface area contributed by atoms with Crippen molar-refractivity contribution in [2.24, 2.45) is 5.92 Å². The van der Waals surface area contributed by atoms with Crippen LogP contribution < -0.4 is 5.32 Å². The van der Waals surface area contributed by atoms with E-state index in [0.717, 1.165) is 6.54 Å². The zero-order valence-corrected chi connectivity index (χ0v) is 5.80. The second-order valence-corrected chi connectivity index (χ2v) is 2.12. The van der Waals surface area contributed by atoms with E-state index in [2.05, 4.69) is 5.32 Å². The lowest BCUT2D eigenvalue weighted by Crippen LogP contribution is -2.22. The molecule has 0 aromatic carbocycles. The molecule has 3 N–H and O–H groups in total. The molecule has 0 saturated heterocycles. The highest BCUT2D eigenvalue weighted by molar-refractivity contribution is 4.57. The molecule has 0 aliphatic rings. The van der Waals surface area contributed by atoms with Crippen molar-refractivity contribution in [3.63, 3.8) is 0 Å². The van der Waals surface area contributed by atoms with Crippen LogP contribution in [0.25, 0.3) is 0 Å². The molecule has 0 aromatic rings. The molecule has 0 heterocycles. The van der Waals surface area contributed by atoms with Crippen LogP contribution in [0.15, 0.2) is 0 Å². The van der Waals surface area contributed by atoms with E-state index in [1.165, 1.54) is 0 Å². The molecule has 0 saturated carbocycles. The van der Waals surface area contributed by atoms with Crippen molar-refractivity contribution in [1.82, 2.24) is 5.32 Å². The fourth-order valence-corrected chi connectivity index (χ4v) is 0.729. The highest BCUT2D eigenvalue weighted by Gasteiger charge is 2.03. The average Bonchev–Trinajstić information content (AvgIpc) is 1.88. The van der Waals surface area contributed by atoms with Crippen LogP contribution in [0.2, 0.25) is 0 Å². The third-order valence-electron chi connectivity index (χ3n) is 1.29. The Morgan fingerprint density at radius 2 is 2.11 bits per heavy atom. The summed E-state index contributed by atoms with van der Waals surface area (Å²) in [5, 5.41) is 20.0. The Kier molecular flexibility index (Phi) is 5.93. The van der Waals surface area contributed by atoms with Gasteiger partial charge >= 0.3 is 0 Å². The second kappa shape index (κ2) is 6.01. The van der Waals surface area contributed by atoms with Crippen LogP contribution in [0.4, 0.5) is 0 Å². The van der Waals surface area contributed by atoms with Gasteiger partial charge in [0, 0.05) is 13.2 Å². The first-order valence-electron chi connectivity index (χ1n) is 3.21. The lowest BCUT2D eigenvalue weighted by atomic mass is 10.1. The number of hydrogen-bond acceptors (Lipinski definition) is 3. The number of aliphatic hydroxyl groups is 2. The molecule has 0 radical (unpaired) electrons. The van der Waals surface area contributed by atoms with E-state index in [4.69, 9.17) is 10.2 Å². The molecule has 3 nitrogen and oxygen atoms in total. The Morgan fingerprint density at radius 3 is 2.44 bits per heavy atom. The molecular weight excluding hydrogens is 118 g/mol. The molecule has 0 spiro atoms. The molecule has 1 unspecified atom stereocenters.